The Kier molecular flexibility index (Phi) is 14.3. The Balaban J connectivity index is 0.000000261. The maximum Gasteiger partial charge on any atom is 0.410 e. The molecule has 2 heterocycles. The molecule has 0 radical (unpaired) electrons. The molecule has 12 nitrogen and oxygen atoms in total. The number of ether oxygens (including phenoxy) is 2. The van der Waals surface area contributed by atoms with Crippen molar-refractivity contribution in [2.45, 2.75) is 143 Å². The van der Waals surface area contributed by atoms with Gasteiger partial charge in [0.1, 0.15) is 11.2 Å². The van der Waals surface area contributed by atoms with Gasteiger partial charge in [0.05, 0.1) is 12.9 Å². The molecule has 276 valence electrons. The van der Waals surface area contributed by atoms with Gasteiger partial charge in [-0.25, -0.2) is 9.59 Å². The van der Waals surface area contributed by atoms with E-state index in [1.54, 1.807) is 4.90 Å². The lowest BCUT2D eigenvalue weighted by Gasteiger charge is -2.47. The highest BCUT2D eigenvalue weighted by Crippen LogP contribution is 2.47. The van der Waals surface area contributed by atoms with Gasteiger partial charge in [-0.3, -0.25) is 4.18 Å². The third kappa shape index (κ3) is 12.6. The Hall–Kier alpha value is -2.24. The first-order valence-corrected chi connectivity index (χ1v) is 20.0. The standard InChI is InChI=1S/C18H33NO5S.C17H30N4O2/c1-17(2,3)24-16(20)19-12-10-18(11-13-19,14-23-25(4,21)22)15-8-6-5-7-9-15;1-16(2,3)23-15(22)21-11-9-17(10-12-21,13-19-20-18)14-7-5-4-6-8-14/h15H,5-14H2,1-4H3;14H,4-13H2,1-3H3. The van der Waals surface area contributed by atoms with Crippen LogP contribution in [0.25, 0.3) is 10.4 Å². The zero-order valence-electron chi connectivity index (χ0n) is 30.8. The molecule has 2 saturated carbocycles. The van der Waals surface area contributed by atoms with E-state index in [9.17, 15) is 18.0 Å². The zero-order valence-corrected chi connectivity index (χ0v) is 31.6. The van der Waals surface area contributed by atoms with E-state index in [1.807, 2.05) is 46.4 Å². The highest BCUT2D eigenvalue weighted by atomic mass is 32.2. The van der Waals surface area contributed by atoms with Crippen LogP contribution in [0.3, 0.4) is 0 Å². The van der Waals surface area contributed by atoms with Gasteiger partial charge in [0, 0.05) is 43.1 Å². The Morgan fingerprint density at radius 1 is 0.729 bits per heavy atom. The number of azide groups is 1. The van der Waals surface area contributed by atoms with Gasteiger partial charge in [-0.2, -0.15) is 8.42 Å². The number of hydrogen-bond donors (Lipinski definition) is 0. The Labute approximate surface area is 289 Å². The van der Waals surface area contributed by atoms with Crippen molar-refractivity contribution in [2.75, 3.05) is 45.6 Å². The van der Waals surface area contributed by atoms with Crippen LogP contribution < -0.4 is 0 Å². The maximum absolute atomic E-state index is 12.3. The van der Waals surface area contributed by atoms with Crippen LogP contribution in [0, 0.1) is 22.7 Å². The summed E-state index contributed by atoms with van der Waals surface area (Å²) in [5.41, 5.74) is 7.71. The van der Waals surface area contributed by atoms with E-state index < -0.39 is 21.3 Å². The summed E-state index contributed by atoms with van der Waals surface area (Å²) in [6.07, 6.45) is 16.2. The lowest BCUT2D eigenvalue weighted by Crippen LogP contribution is -2.50. The van der Waals surface area contributed by atoms with Gasteiger partial charge < -0.3 is 19.3 Å². The van der Waals surface area contributed by atoms with Crippen molar-refractivity contribution in [1.29, 1.82) is 0 Å². The first kappa shape index (κ1) is 40.2. The molecule has 48 heavy (non-hydrogen) atoms. The highest BCUT2D eigenvalue weighted by Gasteiger charge is 2.45. The summed E-state index contributed by atoms with van der Waals surface area (Å²) >= 11 is 0. The van der Waals surface area contributed by atoms with Gasteiger partial charge in [-0.05, 0) is 116 Å². The molecule has 13 heteroatoms. The number of rotatable bonds is 7. The number of carbonyl (C=O) groups is 2. The topological polar surface area (TPSA) is 151 Å². The molecule has 0 atom stereocenters. The molecule has 2 aliphatic carbocycles. The largest absolute Gasteiger partial charge is 0.444 e. The van der Waals surface area contributed by atoms with Crippen molar-refractivity contribution in [3.8, 4) is 0 Å². The molecule has 4 fully saturated rings. The summed E-state index contributed by atoms with van der Waals surface area (Å²) in [7, 11) is -3.46. The van der Waals surface area contributed by atoms with Gasteiger partial charge in [-0.15, -0.1) is 0 Å². The van der Waals surface area contributed by atoms with Crippen molar-refractivity contribution in [2.24, 2.45) is 27.8 Å². The van der Waals surface area contributed by atoms with Crippen LogP contribution in [-0.2, 0) is 23.8 Å². The van der Waals surface area contributed by atoms with Crippen LogP contribution in [0.5, 0.6) is 0 Å². The summed E-state index contributed by atoms with van der Waals surface area (Å²) in [6, 6.07) is 0. The molecule has 0 aromatic rings. The summed E-state index contributed by atoms with van der Waals surface area (Å²) in [6.45, 7) is 14.7. The van der Waals surface area contributed by atoms with Gasteiger partial charge >= 0.3 is 12.2 Å². The summed E-state index contributed by atoms with van der Waals surface area (Å²) in [4.78, 5) is 31.1. The molecule has 4 aliphatic rings. The van der Waals surface area contributed by atoms with Crippen molar-refractivity contribution in [3.63, 3.8) is 0 Å². The molecule has 0 unspecified atom stereocenters. The third-order valence-corrected chi connectivity index (χ3v) is 11.3. The number of carbonyl (C=O) groups excluding carboxylic acids is 2. The first-order chi connectivity index (χ1) is 22.4. The molecule has 0 aromatic carbocycles. The third-order valence-electron chi connectivity index (χ3n) is 10.8. The van der Waals surface area contributed by atoms with Gasteiger partial charge in [0.2, 0.25) is 0 Å². The minimum Gasteiger partial charge on any atom is -0.444 e. The van der Waals surface area contributed by atoms with E-state index in [2.05, 4.69) is 10.0 Å². The summed E-state index contributed by atoms with van der Waals surface area (Å²) in [5.74, 6) is 1.10. The monoisotopic (exact) mass is 697 g/mol. The van der Waals surface area contributed by atoms with E-state index in [-0.39, 0.29) is 29.6 Å². The smallest absolute Gasteiger partial charge is 0.410 e. The minimum absolute atomic E-state index is 0.0746. The van der Waals surface area contributed by atoms with E-state index >= 15 is 0 Å². The average Bonchev–Trinajstić information content (AvgIpc) is 3.02. The van der Waals surface area contributed by atoms with Crippen LogP contribution >= 0.6 is 0 Å². The minimum atomic E-state index is -3.46. The molecule has 0 bridgehead atoms. The number of hydrogen-bond acceptors (Lipinski definition) is 8. The fourth-order valence-corrected chi connectivity index (χ4v) is 8.56. The highest BCUT2D eigenvalue weighted by molar-refractivity contribution is 7.85. The predicted octanol–water partition coefficient (Wildman–Crippen LogP) is 8.45. The number of nitrogens with zero attached hydrogens (tertiary/aromatic N) is 5. The Bertz CT molecular complexity index is 1190. The van der Waals surface area contributed by atoms with E-state index in [4.69, 9.17) is 19.2 Å². The molecular weight excluding hydrogens is 634 g/mol. The van der Waals surface area contributed by atoms with E-state index in [1.165, 1.54) is 51.4 Å². The van der Waals surface area contributed by atoms with Crippen molar-refractivity contribution in [3.05, 3.63) is 10.4 Å². The van der Waals surface area contributed by atoms with Crippen molar-refractivity contribution < 1.29 is 31.7 Å². The molecule has 0 N–H and O–H groups in total. The van der Waals surface area contributed by atoms with Crippen molar-refractivity contribution >= 4 is 22.3 Å². The normalized spacial score (nSPS) is 22.5. The number of amides is 2. The first-order valence-electron chi connectivity index (χ1n) is 18.2. The molecule has 2 amide bonds. The SMILES string of the molecule is CC(C)(C)OC(=O)N1CCC(CN=[N+]=[N-])(C2CCCCC2)CC1.CC(C)(C)OC(=O)N1CCC(COS(C)(=O)=O)(C2CCCCC2)CC1. The number of likely N-dealkylation sites (tertiary alicyclic amines) is 2. The summed E-state index contributed by atoms with van der Waals surface area (Å²) in [5, 5.41) is 3.92. The quantitative estimate of drug-likeness (QED) is 0.112. The van der Waals surface area contributed by atoms with Gasteiger partial charge in [-0.1, -0.05) is 43.6 Å². The van der Waals surface area contributed by atoms with Gasteiger partial charge in [0.15, 0.2) is 0 Å². The molecule has 2 saturated heterocycles. The second-order valence-electron chi connectivity index (χ2n) is 16.7. The van der Waals surface area contributed by atoms with Crippen LogP contribution in [-0.4, -0.2) is 87.2 Å². The van der Waals surface area contributed by atoms with E-state index in [0.717, 1.165) is 44.8 Å². The zero-order chi connectivity index (χ0) is 35.6. The lowest BCUT2D eigenvalue weighted by atomic mass is 9.64. The maximum atomic E-state index is 12.3. The molecular formula is C35H63N5O7S. The molecule has 0 aromatic heterocycles. The predicted molar refractivity (Wildman–Crippen MR) is 187 cm³/mol. The Morgan fingerprint density at radius 2 is 1.10 bits per heavy atom. The lowest BCUT2D eigenvalue weighted by molar-refractivity contribution is -0.0232. The summed E-state index contributed by atoms with van der Waals surface area (Å²) < 4.78 is 39.2. The second kappa shape index (κ2) is 17.1. The van der Waals surface area contributed by atoms with E-state index in [0.29, 0.717) is 44.6 Å². The molecule has 2 aliphatic heterocycles. The van der Waals surface area contributed by atoms with Crippen molar-refractivity contribution in [1.82, 2.24) is 9.80 Å². The van der Waals surface area contributed by atoms with Crippen LogP contribution in [0.15, 0.2) is 5.11 Å². The second-order valence-corrected chi connectivity index (χ2v) is 18.3. The van der Waals surface area contributed by atoms with Gasteiger partial charge in [0.25, 0.3) is 10.1 Å². The van der Waals surface area contributed by atoms with Crippen LogP contribution in [0.2, 0.25) is 0 Å². The Morgan fingerprint density at radius 3 is 1.46 bits per heavy atom. The molecule has 0 spiro atoms. The van der Waals surface area contributed by atoms with Crippen LogP contribution in [0.4, 0.5) is 9.59 Å². The fourth-order valence-electron chi connectivity index (χ4n) is 8.11. The van der Waals surface area contributed by atoms with Crippen LogP contribution in [0.1, 0.15) is 131 Å². The fraction of sp³-hybridized carbons (Fsp3) is 0.943. The molecule has 4 rings (SSSR count). The number of piperidine rings is 2. The average molecular weight is 698 g/mol.